The zero-order valence-electron chi connectivity index (χ0n) is 47.9. The molecule has 14 aromatic rings. The molecule has 0 saturated carbocycles. The summed E-state index contributed by atoms with van der Waals surface area (Å²) in [6.45, 7) is 0. The highest BCUT2D eigenvalue weighted by atomic mass is 14.7. The first-order chi connectivity index (χ1) is 43.7. The van der Waals surface area contributed by atoms with Crippen LogP contribution in [0.4, 0.5) is 0 Å². The molecule has 2 unspecified atom stereocenters. The number of rotatable bonds is 3. The van der Waals surface area contributed by atoms with Gasteiger partial charge in [0.25, 0.3) is 0 Å². The Balaban J connectivity index is 0.905. The molecule has 12 aromatic carbocycles. The van der Waals surface area contributed by atoms with Crippen LogP contribution in [0.3, 0.4) is 0 Å². The molecule has 2 heteroatoms. The molecule has 0 aliphatic heterocycles. The fraction of sp³-hybridized carbons (Fsp3) is 0.0465. The zero-order valence-corrected chi connectivity index (χ0v) is 47.9. The maximum absolute atomic E-state index is 4.82. The van der Waals surface area contributed by atoms with Gasteiger partial charge in [-0.05, 0) is 180 Å². The predicted molar refractivity (Wildman–Crippen MR) is 355 cm³/mol. The Morgan fingerprint density at radius 1 is 0.170 bits per heavy atom. The van der Waals surface area contributed by atoms with E-state index >= 15 is 0 Å². The lowest BCUT2D eigenvalue weighted by Gasteiger charge is -2.49. The molecule has 0 fully saturated rings. The van der Waals surface area contributed by atoms with Crippen molar-refractivity contribution < 1.29 is 0 Å². The number of nitrogens with zero attached hydrogens (tertiary/aromatic N) is 2. The summed E-state index contributed by atoms with van der Waals surface area (Å²) < 4.78 is 0. The Bertz CT molecular complexity index is 5270. The first kappa shape index (κ1) is 48.2. The van der Waals surface area contributed by atoms with E-state index < -0.39 is 21.7 Å². The molecule has 20 rings (SSSR count). The molecular formula is C86H52N2. The van der Waals surface area contributed by atoms with E-state index in [4.69, 9.17) is 4.98 Å². The van der Waals surface area contributed by atoms with E-state index in [1.165, 1.54) is 156 Å². The molecule has 0 N–H and O–H groups in total. The Labute approximate surface area is 511 Å². The van der Waals surface area contributed by atoms with Crippen LogP contribution >= 0.6 is 0 Å². The van der Waals surface area contributed by atoms with Crippen molar-refractivity contribution >= 4 is 0 Å². The second kappa shape index (κ2) is 17.3. The summed E-state index contributed by atoms with van der Waals surface area (Å²) >= 11 is 0. The highest BCUT2D eigenvalue weighted by Gasteiger charge is 2.62. The number of aromatic nitrogens is 2. The first-order valence-corrected chi connectivity index (χ1v) is 30.9. The van der Waals surface area contributed by atoms with Crippen LogP contribution in [-0.4, -0.2) is 9.97 Å². The Morgan fingerprint density at radius 2 is 0.466 bits per heavy atom. The second-order valence-electron chi connectivity index (χ2n) is 24.8. The number of hydrogen-bond acceptors (Lipinski definition) is 2. The van der Waals surface area contributed by atoms with Crippen molar-refractivity contribution in [1.82, 2.24) is 9.97 Å². The van der Waals surface area contributed by atoms with Crippen molar-refractivity contribution in [3.05, 3.63) is 405 Å². The summed E-state index contributed by atoms with van der Waals surface area (Å²) in [4.78, 5) is 9.43. The first-order valence-electron chi connectivity index (χ1n) is 30.9. The van der Waals surface area contributed by atoms with Crippen LogP contribution in [0, 0.1) is 0 Å². The van der Waals surface area contributed by atoms with E-state index in [9.17, 15) is 0 Å². The summed E-state index contributed by atoms with van der Waals surface area (Å²) in [7, 11) is 0. The maximum atomic E-state index is 4.82. The SMILES string of the molecule is c1cncc(-c2cccc3c2C2(c4ccccc4-c4ccccc42)c2ccccc2C32c3ccccc3-c3c(-c4cccc5c4-c4ccccc4C54c5ccccc5C5(c6ccccc6-c6ccccc65)c5cccc(-c6ccncc6)c54)cccc32)c1. The second-order valence-corrected chi connectivity index (χ2v) is 24.8. The van der Waals surface area contributed by atoms with Crippen LogP contribution in [0.2, 0.25) is 0 Å². The van der Waals surface area contributed by atoms with Gasteiger partial charge in [0.1, 0.15) is 0 Å². The van der Waals surface area contributed by atoms with Gasteiger partial charge in [0.2, 0.25) is 0 Å². The third-order valence-corrected chi connectivity index (χ3v) is 21.5. The average Bonchev–Trinajstić information content (AvgIpc) is 1.42. The molecule has 0 amide bonds. The molecule has 2 nitrogen and oxygen atoms in total. The van der Waals surface area contributed by atoms with Crippen LogP contribution in [0.15, 0.2) is 316 Å². The smallest absolute Gasteiger partial charge is 0.0726 e. The summed E-state index contributed by atoms with van der Waals surface area (Å²) in [6.07, 6.45) is 7.87. The average molecular weight is 1110 g/mol. The largest absolute Gasteiger partial charge is 0.265 e. The number of pyridine rings is 2. The predicted octanol–water partition coefficient (Wildman–Crippen LogP) is 19.6. The van der Waals surface area contributed by atoms with E-state index in [-0.39, 0.29) is 0 Å². The van der Waals surface area contributed by atoms with E-state index in [1.807, 2.05) is 18.6 Å². The van der Waals surface area contributed by atoms with Gasteiger partial charge in [0.05, 0.1) is 21.7 Å². The van der Waals surface area contributed by atoms with Crippen LogP contribution in [0.25, 0.3) is 77.9 Å². The van der Waals surface area contributed by atoms with Crippen molar-refractivity contribution in [3.63, 3.8) is 0 Å². The standard InChI is InChI=1S/C86H52N2/c1-7-33-65-57(23-1)58-24-2-8-34-66(58)83(65)71-39-13-16-42-74(71)86(81-55(29-17-45-77(81)83)53-47-50-87-51-48-53)70-38-12-6-28-64(70)80-62(32-20-44-76(80)86)61-31-19-43-75-79(61)63-27-5-11-37-69(63)84(75)72-40-14-15-41-73(72)85(67-35-9-3-25-59(67)60-26-4-10-36-68(60)85)82-56(30-18-46-78(82)84)54-22-21-49-88-52-54/h1-52H. The van der Waals surface area contributed by atoms with Gasteiger partial charge in [0, 0.05) is 30.4 Å². The fourth-order valence-corrected chi connectivity index (χ4v) is 18.8. The van der Waals surface area contributed by atoms with Crippen LogP contribution in [0.1, 0.15) is 89.0 Å². The molecule has 2 aromatic heterocycles. The fourth-order valence-electron chi connectivity index (χ4n) is 18.8. The summed E-state index contributed by atoms with van der Waals surface area (Å²) in [5.41, 5.74) is 35.6. The molecule has 0 radical (unpaired) electrons. The van der Waals surface area contributed by atoms with Gasteiger partial charge in [-0.3, -0.25) is 9.97 Å². The Kier molecular flexibility index (Phi) is 9.49. The summed E-state index contributed by atoms with van der Waals surface area (Å²) in [5, 5.41) is 0. The van der Waals surface area contributed by atoms with Crippen molar-refractivity contribution in [1.29, 1.82) is 0 Å². The topological polar surface area (TPSA) is 25.8 Å². The van der Waals surface area contributed by atoms with Crippen LogP contribution < -0.4 is 0 Å². The number of fused-ring (bicyclic) bond motifs is 32. The normalized spacial score (nSPS) is 17.6. The summed E-state index contributed by atoms with van der Waals surface area (Å²) in [5.74, 6) is 0. The molecule has 4 spiro atoms. The van der Waals surface area contributed by atoms with Gasteiger partial charge in [-0.15, -0.1) is 0 Å². The highest BCUT2D eigenvalue weighted by molar-refractivity contribution is 6.06. The Hall–Kier alpha value is -11.1. The van der Waals surface area contributed by atoms with Crippen molar-refractivity contribution in [2.45, 2.75) is 21.7 Å². The zero-order chi connectivity index (χ0) is 57.5. The molecule has 6 aliphatic rings. The quantitative estimate of drug-likeness (QED) is 0.176. The third kappa shape index (κ3) is 5.50. The molecule has 0 bridgehead atoms. The van der Waals surface area contributed by atoms with E-state index in [1.54, 1.807) is 0 Å². The molecule has 88 heavy (non-hydrogen) atoms. The minimum Gasteiger partial charge on any atom is -0.265 e. The summed E-state index contributed by atoms with van der Waals surface area (Å²) in [6, 6.07) is 112. The molecule has 2 heterocycles. The minimum atomic E-state index is -0.741. The van der Waals surface area contributed by atoms with Gasteiger partial charge < -0.3 is 0 Å². The Morgan fingerprint density at radius 3 is 0.909 bits per heavy atom. The van der Waals surface area contributed by atoms with E-state index in [0.29, 0.717) is 0 Å². The highest BCUT2D eigenvalue weighted by Crippen LogP contribution is 2.72. The lowest BCUT2D eigenvalue weighted by atomic mass is 9.51. The number of benzene rings is 12. The molecule has 406 valence electrons. The van der Waals surface area contributed by atoms with Crippen molar-refractivity contribution in [3.8, 4) is 77.9 Å². The van der Waals surface area contributed by atoms with Gasteiger partial charge in [-0.1, -0.05) is 273 Å². The van der Waals surface area contributed by atoms with Gasteiger partial charge in [-0.25, -0.2) is 0 Å². The van der Waals surface area contributed by atoms with E-state index in [0.717, 1.165) is 11.1 Å². The van der Waals surface area contributed by atoms with Gasteiger partial charge in [0.15, 0.2) is 0 Å². The monoisotopic (exact) mass is 1110 g/mol. The molecule has 2 atom stereocenters. The molecular weight excluding hydrogens is 1060 g/mol. The maximum Gasteiger partial charge on any atom is 0.0726 e. The lowest BCUT2D eigenvalue weighted by Crippen LogP contribution is -2.44. The van der Waals surface area contributed by atoms with Crippen LogP contribution in [-0.2, 0) is 21.7 Å². The number of hydrogen-bond donors (Lipinski definition) is 0. The minimum absolute atomic E-state index is 0.605. The van der Waals surface area contributed by atoms with E-state index in [2.05, 4.69) is 302 Å². The van der Waals surface area contributed by atoms with Gasteiger partial charge in [-0.2, -0.15) is 0 Å². The lowest BCUT2D eigenvalue weighted by molar-refractivity contribution is 0.634. The van der Waals surface area contributed by atoms with Crippen molar-refractivity contribution in [2.24, 2.45) is 0 Å². The third-order valence-electron chi connectivity index (χ3n) is 21.5. The van der Waals surface area contributed by atoms with Crippen molar-refractivity contribution in [2.75, 3.05) is 0 Å². The molecule has 6 aliphatic carbocycles. The van der Waals surface area contributed by atoms with Gasteiger partial charge >= 0.3 is 0 Å². The molecule has 0 saturated heterocycles. The van der Waals surface area contributed by atoms with Crippen LogP contribution in [0.5, 0.6) is 0 Å².